The van der Waals surface area contributed by atoms with Gasteiger partial charge in [-0.3, -0.25) is 9.59 Å². The zero-order valence-electron chi connectivity index (χ0n) is 22.6. The first-order valence-electron chi connectivity index (χ1n) is 13.6. The lowest BCUT2D eigenvalue weighted by Crippen LogP contribution is -2.31. The summed E-state index contributed by atoms with van der Waals surface area (Å²) in [5.41, 5.74) is 4.62. The lowest BCUT2D eigenvalue weighted by molar-refractivity contribution is -0.148. The van der Waals surface area contributed by atoms with E-state index in [1.165, 1.54) is 13.0 Å². The quantitative estimate of drug-likeness (QED) is 0.265. The molecule has 1 saturated heterocycles. The minimum atomic E-state index is -1.00. The van der Waals surface area contributed by atoms with E-state index in [0.717, 1.165) is 65.7 Å². The number of fused-ring (bicyclic) bond motifs is 1. The average molecular weight is 549 g/mol. The molecular weight excluding hydrogens is 518 g/mol. The fourth-order valence-electron chi connectivity index (χ4n) is 6.33. The van der Waals surface area contributed by atoms with Crippen LogP contribution >= 0.6 is 0 Å². The number of rotatable bonds is 5. The fraction of sp³-hybridized carbons (Fsp3) is 0.400. The first kappa shape index (κ1) is 26.2. The molecule has 2 aromatic carbocycles. The van der Waals surface area contributed by atoms with Crippen LogP contribution in [0.2, 0.25) is 0 Å². The number of esters is 1. The van der Waals surface area contributed by atoms with Crippen LogP contribution in [0.1, 0.15) is 74.8 Å². The maximum atomic E-state index is 14.2. The van der Waals surface area contributed by atoms with Gasteiger partial charge in [-0.2, -0.15) is 0 Å². The Bertz CT molecular complexity index is 1600. The molecule has 208 valence electrons. The summed E-state index contributed by atoms with van der Waals surface area (Å²) in [5.74, 6) is -0.989. The van der Waals surface area contributed by atoms with E-state index in [1.54, 1.807) is 4.90 Å². The van der Waals surface area contributed by atoms with Crippen molar-refractivity contribution in [3.63, 3.8) is 0 Å². The minimum Gasteiger partial charge on any atom is -0.463 e. The van der Waals surface area contributed by atoms with Crippen molar-refractivity contribution in [1.82, 2.24) is 14.7 Å². The third kappa shape index (κ3) is 4.55. The second-order valence-electron chi connectivity index (χ2n) is 10.7. The lowest BCUT2D eigenvalue weighted by Gasteiger charge is -2.32. The van der Waals surface area contributed by atoms with Crippen LogP contribution in [0.3, 0.4) is 0 Å². The van der Waals surface area contributed by atoms with Crippen molar-refractivity contribution in [2.75, 3.05) is 4.90 Å². The summed E-state index contributed by atoms with van der Waals surface area (Å²) < 4.78 is 41.0. The van der Waals surface area contributed by atoms with Gasteiger partial charge in [0.15, 0.2) is 11.6 Å². The van der Waals surface area contributed by atoms with Crippen LogP contribution < -0.4 is 4.90 Å². The van der Waals surface area contributed by atoms with E-state index in [9.17, 15) is 18.4 Å². The zero-order chi connectivity index (χ0) is 28.1. The standard InChI is InChI=1S/C30H30F2N4O4/c1-16-29(17(2)40-34-16)19-4-11-26-25(14-19)33-30(36(26)20-5-8-22(9-6-20)39-18(3)37)27-12-13-28(38)35(27)21-7-10-23(31)24(32)15-21/h4,7,10-11,14-15,20,22,27H,5-6,8-9,12-13H2,1-3H3/t20-,22+,27-/m0/s1. The number of halogens is 2. The Morgan fingerprint density at radius 3 is 2.48 bits per heavy atom. The number of aromatic nitrogens is 3. The number of carbonyl (C=O) groups excluding carboxylic acids is 2. The SMILES string of the molecule is CC(=O)O[C@H]1CC[C@@H](n2c([C@@H]3CCC(=O)N3c3ccc(F)c(F)c3)nc3cc(-c4c(C)noc4C)ccc32)CC1. The van der Waals surface area contributed by atoms with Gasteiger partial charge in [0, 0.05) is 36.7 Å². The van der Waals surface area contributed by atoms with E-state index in [2.05, 4.69) is 9.72 Å². The highest BCUT2D eigenvalue weighted by Crippen LogP contribution is 2.42. The summed E-state index contributed by atoms with van der Waals surface area (Å²) in [4.78, 5) is 31.2. The van der Waals surface area contributed by atoms with Crippen LogP contribution in [0.4, 0.5) is 14.5 Å². The van der Waals surface area contributed by atoms with E-state index in [0.29, 0.717) is 23.7 Å². The fourth-order valence-corrected chi connectivity index (χ4v) is 6.33. The molecule has 3 heterocycles. The molecule has 1 aliphatic heterocycles. The van der Waals surface area contributed by atoms with Crippen LogP contribution in [0.5, 0.6) is 0 Å². The van der Waals surface area contributed by atoms with E-state index >= 15 is 0 Å². The number of imidazole rings is 1. The summed E-state index contributed by atoms with van der Waals surface area (Å²) in [6.45, 7) is 5.19. The molecule has 0 bridgehead atoms. The van der Waals surface area contributed by atoms with Gasteiger partial charge in [0.25, 0.3) is 0 Å². The highest BCUT2D eigenvalue weighted by molar-refractivity contribution is 5.96. The van der Waals surface area contributed by atoms with Crippen molar-refractivity contribution in [2.24, 2.45) is 0 Å². The summed E-state index contributed by atoms with van der Waals surface area (Å²) in [5, 5.41) is 4.09. The van der Waals surface area contributed by atoms with Crippen molar-refractivity contribution >= 4 is 28.6 Å². The molecule has 8 nitrogen and oxygen atoms in total. The number of anilines is 1. The van der Waals surface area contributed by atoms with Crippen molar-refractivity contribution in [3.8, 4) is 11.1 Å². The number of hydrogen-bond acceptors (Lipinski definition) is 6. The van der Waals surface area contributed by atoms with Gasteiger partial charge in [-0.25, -0.2) is 13.8 Å². The summed E-state index contributed by atoms with van der Waals surface area (Å²) in [6.07, 6.45) is 3.64. The maximum absolute atomic E-state index is 14.2. The van der Waals surface area contributed by atoms with Gasteiger partial charge in [0.05, 0.1) is 22.8 Å². The predicted molar refractivity (Wildman–Crippen MR) is 144 cm³/mol. The molecule has 2 fully saturated rings. The molecular formula is C30H30F2N4O4. The maximum Gasteiger partial charge on any atom is 0.302 e. The molecule has 6 rings (SSSR count). The molecule has 1 saturated carbocycles. The molecule has 2 aromatic heterocycles. The van der Waals surface area contributed by atoms with Crippen LogP contribution in [-0.2, 0) is 14.3 Å². The minimum absolute atomic E-state index is 0.0687. The Kier molecular flexibility index (Phi) is 6.64. The van der Waals surface area contributed by atoms with Gasteiger partial charge in [0.1, 0.15) is 17.7 Å². The Morgan fingerprint density at radius 1 is 1.02 bits per heavy atom. The third-order valence-electron chi connectivity index (χ3n) is 8.07. The molecule has 4 aromatic rings. The highest BCUT2D eigenvalue weighted by atomic mass is 19.2. The number of nitrogens with zero attached hydrogens (tertiary/aromatic N) is 4. The van der Waals surface area contributed by atoms with Gasteiger partial charge in [-0.05, 0) is 75.8 Å². The molecule has 0 spiro atoms. The summed E-state index contributed by atoms with van der Waals surface area (Å²) in [7, 11) is 0. The number of carbonyl (C=O) groups is 2. The number of ether oxygens (including phenoxy) is 1. The van der Waals surface area contributed by atoms with Gasteiger partial charge >= 0.3 is 5.97 Å². The largest absolute Gasteiger partial charge is 0.463 e. The molecule has 1 amide bonds. The molecule has 0 radical (unpaired) electrons. The Morgan fingerprint density at radius 2 is 1.80 bits per heavy atom. The van der Waals surface area contributed by atoms with Gasteiger partial charge in [0.2, 0.25) is 5.91 Å². The number of amides is 1. The summed E-state index contributed by atoms with van der Waals surface area (Å²) in [6, 6.07) is 9.23. The van der Waals surface area contributed by atoms with Crippen molar-refractivity contribution in [2.45, 2.75) is 77.5 Å². The molecule has 40 heavy (non-hydrogen) atoms. The zero-order valence-corrected chi connectivity index (χ0v) is 22.6. The first-order valence-corrected chi connectivity index (χ1v) is 13.6. The van der Waals surface area contributed by atoms with E-state index in [1.807, 2.05) is 32.0 Å². The van der Waals surface area contributed by atoms with Crippen LogP contribution in [0.15, 0.2) is 40.9 Å². The average Bonchev–Trinajstić information content (AvgIpc) is 3.59. The molecule has 1 atom stereocenters. The number of hydrogen-bond donors (Lipinski definition) is 0. The first-order chi connectivity index (χ1) is 19.2. The molecule has 1 aliphatic carbocycles. The topological polar surface area (TPSA) is 90.5 Å². The Hall–Kier alpha value is -4.08. The second kappa shape index (κ2) is 10.1. The smallest absolute Gasteiger partial charge is 0.302 e. The normalized spacial score (nSPS) is 21.4. The second-order valence-corrected chi connectivity index (χ2v) is 10.7. The van der Waals surface area contributed by atoms with Crippen molar-refractivity contribution in [1.29, 1.82) is 0 Å². The van der Waals surface area contributed by atoms with E-state index in [4.69, 9.17) is 14.2 Å². The van der Waals surface area contributed by atoms with E-state index in [-0.39, 0.29) is 30.4 Å². The molecule has 0 N–H and O–H groups in total. The molecule has 10 heteroatoms. The van der Waals surface area contributed by atoms with Crippen molar-refractivity contribution < 1.29 is 27.6 Å². The van der Waals surface area contributed by atoms with Gasteiger partial charge in [-0.15, -0.1) is 0 Å². The third-order valence-corrected chi connectivity index (χ3v) is 8.07. The lowest BCUT2D eigenvalue weighted by atomic mass is 9.92. The molecule has 2 aliphatic rings. The molecule has 0 unspecified atom stereocenters. The van der Waals surface area contributed by atoms with Gasteiger partial charge in [-0.1, -0.05) is 11.2 Å². The predicted octanol–water partition coefficient (Wildman–Crippen LogP) is 6.50. The van der Waals surface area contributed by atoms with Crippen LogP contribution in [0.25, 0.3) is 22.2 Å². The van der Waals surface area contributed by atoms with E-state index < -0.39 is 17.7 Å². The highest BCUT2D eigenvalue weighted by Gasteiger charge is 2.39. The Balaban J connectivity index is 1.46. The monoisotopic (exact) mass is 548 g/mol. The summed E-state index contributed by atoms with van der Waals surface area (Å²) >= 11 is 0. The van der Waals surface area contributed by atoms with Crippen LogP contribution in [0, 0.1) is 25.5 Å². The number of aryl methyl sites for hydroxylation is 2. The Labute approximate surface area is 229 Å². The van der Waals surface area contributed by atoms with Crippen molar-refractivity contribution in [3.05, 3.63) is 65.3 Å². The van der Waals surface area contributed by atoms with Crippen LogP contribution in [-0.4, -0.2) is 32.7 Å². The number of benzene rings is 2. The van der Waals surface area contributed by atoms with Gasteiger partial charge < -0.3 is 18.7 Å².